The largest absolute Gasteiger partial charge is 0.493 e. The summed E-state index contributed by atoms with van der Waals surface area (Å²) < 4.78 is 16.4. The van der Waals surface area contributed by atoms with Gasteiger partial charge in [0.2, 0.25) is 0 Å². The van der Waals surface area contributed by atoms with Gasteiger partial charge in [-0.1, -0.05) is 0 Å². The summed E-state index contributed by atoms with van der Waals surface area (Å²) in [6, 6.07) is 5.78. The van der Waals surface area contributed by atoms with Gasteiger partial charge >= 0.3 is 0 Å². The normalized spacial score (nSPS) is 15.0. The number of rotatable bonds is 10. The number of nitrogens with zero attached hydrogens (tertiary/aromatic N) is 1. The van der Waals surface area contributed by atoms with Gasteiger partial charge in [-0.25, -0.2) is 0 Å². The first-order chi connectivity index (χ1) is 12.2. The molecule has 148 valence electrons. The smallest absolute Gasteiger partial charge is 0.195 e. The minimum absolute atomic E-state index is 0. The van der Waals surface area contributed by atoms with Gasteiger partial charge in [0.25, 0.3) is 0 Å². The molecule has 0 aliphatic heterocycles. The Balaban J connectivity index is 0.00000338. The highest BCUT2D eigenvalue weighted by molar-refractivity contribution is 14.0. The van der Waals surface area contributed by atoms with Crippen LogP contribution < -0.4 is 20.1 Å². The van der Waals surface area contributed by atoms with Crippen LogP contribution in [0.1, 0.15) is 33.1 Å². The van der Waals surface area contributed by atoms with E-state index in [-0.39, 0.29) is 24.0 Å². The van der Waals surface area contributed by atoms with Gasteiger partial charge in [0.1, 0.15) is 0 Å². The molecule has 0 spiro atoms. The van der Waals surface area contributed by atoms with Crippen molar-refractivity contribution < 1.29 is 14.2 Å². The second-order valence-electron chi connectivity index (χ2n) is 6.30. The van der Waals surface area contributed by atoms with Crippen LogP contribution in [0.3, 0.4) is 0 Å². The fourth-order valence-electron chi connectivity index (χ4n) is 2.73. The fraction of sp³-hybridized carbons (Fsp3) is 0.632. The van der Waals surface area contributed by atoms with Crippen LogP contribution >= 0.6 is 24.0 Å². The Labute approximate surface area is 174 Å². The number of aliphatic imine (C=N–C) groups is 1. The van der Waals surface area contributed by atoms with E-state index in [1.54, 1.807) is 14.2 Å². The van der Waals surface area contributed by atoms with Crippen LogP contribution in [0.25, 0.3) is 0 Å². The summed E-state index contributed by atoms with van der Waals surface area (Å²) in [7, 11) is 3.42. The van der Waals surface area contributed by atoms with Crippen molar-refractivity contribution in [1.29, 1.82) is 0 Å². The third-order valence-corrected chi connectivity index (χ3v) is 4.52. The van der Waals surface area contributed by atoms with Crippen molar-refractivity contribution in [1.82, 2.24) is 5.32 Å². The first-order valence-corrected chi connectivity index (χ1v) is 9.02. The summed E-state index contributed by atoms with van der Waals surface area (Å²) in [5.74, 6) is 2.21. The molecule has 7 heteroatoms. The maximum atomic E-state index is 5.62. The van der Waals surface area contributed by atoms with Gasteiger partial charge in [0.15, 0.2) is 17.5 Å². The average Bonchev–Trinajstić information content (AvgIpc) is 3.39. The lowest BCUT2D eigenvalue weighted by Gasteiger charge is -2.19. The average molecular weight is 477 g/mol. The van der Waals surface area contributed by atoms with E-state index in [4.69, 9.17) is 14.2 Å². The van der Waals surface area contributed by atoms with E-state index in [2.05, 4.69) is 15.6 Å². The number of guanidine groups is 1. The first-order valence-electron chi connectivity index (χ1n) is 9.02. The molecule has 0 atom stereocenters. The van der Waals surface area contributed by atoms with Gasteiger partial charge in [-0.15, -0.1) is 24.0 Å². The molecule has 1 aromatic carbocycles. The zero-order valence-corrected chi connectivity index (χ0v) is 18.6. The topological polar surface area (TPSA) is 64.1 Å². The summed E-state index contributed by atoms with van der Waals surface area (Å²) in [5, 5.41) is 6.76. The Morgan fingerprint density at radius 1 is 1.19 bits per heavy atom. The van der Waals surface area contributed by atoms with Gasteiger partial charge in [-0.3, -0.25) is 4.99 Å². The second kappa shape index (κ2) is 11.5. The molecule has 1 aliphatic rings. The lowest BCUT2D eigenvalue weighted by Crippen LogP contribution is -2.35. The molecule has 1 saturated carbocycles. The Morgan fingerprint density at radius 2 is 1.96 bits per heavy atom. The lowest BCUT2D eigenvalue weighted by atomic mass is 10.0. The molecule has 1 fully saturated rings. The van der Waals surface area contributed by atoms with Gasteiger partial charge in [-0.2, -0.15) is 0 Å². The molecule has 0 heterocycles. The molecule has 0 unspecified atom stereocenters. The van der Waals surface area contributed by atoms with E-state index in [1.165, 1.54) is 12.8 Å². The summed E-state index contributed by atoms with van der Waals surface area (Å²) in [6.45, 7) is 7.11. The van der Waals surface area contributed by atoms with Crippen molar-refractivity contribution in [3.8, 4) is 11.5 Å². The molecular formula is C19H32IN3O3. The zero-order valence-electron chi connectivity index (χ0n) is 16.3. The zero-order chi connectivity index (χ0) is 18.1. The van der Waals surface area contributed by atoms with Gasteiger partial charge in [0.05, 0.1) is 13.7 Å². The monoisotopic (exact) mass is 477 g/mol. The minimum Gasteiger partial charge on any atom is -0.493 e. The number of anilines is 1. The highest BCUT2D eigenvalue weighted by Crippen LogP contribution is 2.48. The molecule has 1 aromatic rings. The van der Waals surface area contributed by atoms with Crippen LogP contribution in [0.4, 0.5) is 5.69 Å². The SMILES string of the molecule is CCOCCC1(CNC(=NC)Nc2ccc(OC)c(OCC)c2)CC1.I. The minimum atomic E-state index is 0. The molecule has 0 saturated heterocycles. The third-order valence-electron chi connectivity index (χ3n) is 4.52. The van der Waals surface area contributed by atoms with Crippen molar-refractivity contribution in [3.05, 3.63) is 18.2 Å². The number of benzene rings is 1. The van der Waals surface area contributed by atoms with Gasteiger partial charge < -0.3 is 24.8 Å². The summed E-state index contributed by atoms with van der Waals surface area (Å²) in [6.07, 6.45) is 3.60. The van der Waals surface area contributed by atoms with E-state index in [0.29, 0.717) is 12.0 Å². The van der Waals surface area contributed by atoms with E-state index in [0.717, 1.165) is 49.3 Å². The number of ether oxygens (including phenoxy) is 3. The molecular weight excluding hydrogens is 445 g/mol. The molecule has 0 amide bonds. The summed E-state index contributed by atoms with van der Waals surface area (Å²) in [4.78, 5) is 4.32. The van der Waals surface area contributed by atoms with Crippen molar-refractivity contribution in [2.24, 2.45) is 10.4 Å². The Kier molecular flexibility index (Phi) is 10.1. The van der Waals surface area contributed by atoms with Gasteiger partial charge in [0, 0.05) is 38.6 Å². The highest BCUT2D eigenvalue weighted by atomic mass is 127. The van der Waals surface area contributed by atoms with Crippen LogP contribution in [-0.2, 0) is 4.74 Å². The number of hydrogen-bond acceptors (Lipinski definition) is 4. The first kappa shape index (κ1) is 22.8. The van der Waals surface area contributed by atoms with Crippen LogP contribution in [0, 0.1) is 5.41 Å². The molecule has 2 rings (SSSR count). The molecule has 6 nitrogen and oxygen atoms in total. The molecule has 0 aromatic heterocycles. The lowest BCUT2D eigenvalue weighted by molar-refractivity contribution is 0.128. The maximum Gasteiger partial charge on any atom is 0.195 e. The van der Waals surface area contributed by atoms with E-state index < -0.39 is 0 Å². The molecule has 26 heavy (non-hydrogen) atoms. The van der Waals surface area contributed by atoms with Crippen LogP contribution in [0.5, 0.6) is 11.5 Å². The second-order valence-corrected chi connectivity index (χ2v) is 6.30. The Bertz CT molecular complexity index is 577. The molecule has 0 radical (unpaired) electrons. The number of halogens is 1. The standard InChI is InChI=1S/C19H31N3O3.HI/c1-5-24-12-11-19(9-10-19)14-21-18(20-3)22-15-7-8-16(23-4)17(13-15)25-6-2;/h7-8,13H,5-6,9-12,14H2,1-4H3,(H2,20,21,22);1H. The molecule has 1 aliphatic carbocycles. The number of methoxy groups -OCH3 is 1. The predicted octanol–water partition coefficient (Wildman–Crippen LogP) is 3.91. The van der Waals surface area contributed by atoms with Crippen molar-refractivity contribution in [3.63, 3.8) is 0 Å². The Morgan fingerprint density at radius 3 is 2.54 bits per heavy atom. The number of nitrogens with one attached hydrogen (secondary N) is 2. The van der Waals surface area contributed by atoms with E-state index in [9.17, 15) is 0 Å². The van der Waals surface area contributed by atoms with Gasteiger partial charge in [-0.05, 0) is 50.7 Å². The summed E-state index contributed by atoms with van der Waals surface area (Å²) >= 11 is 0. The van der Waals surface area contributed by atoms with E-state index in [1.807, 2.05) is 32.0 Å². The van der Waals surface area contributed by atoms with Crippen molar-refractivity contribution >= 4 is 35.6 Å². The van der Waals surface area contributed by atoms with Crippen LogP contribution in [-0.4, -0.2) is 46.5 Å². The quantitative estimate of drug-likeness (QED) is 0.232. The highest BCUT2D eigenvalue weighted by Gasteiger charge is 2.41. The Hall–Kier alpha value is -1.22. The maximum absolute atomic E-state index is 5.62. The van der Waals surface area contributed by atoms with Crippen molar-refractivity contribution in [2.75, 3.05) is 45.8 Å². The molecule has 2 N–H and O–H groups in total. The molecule has 0 bridgehead atoms. The third kappa shape index (κ3) is 6.83. The summed E-state index contributed by atoms with van der Waals surface area (Å²) in [5.41, 5.74) is 1.28. The van der Waals surface area contributed by atoms with Crippen LogP contribution in [0.15, 0.2) is 23.2 Å². The fourth-order valence-corrected chi connectivity index (χ4v) is 2.73. The van der Waals surface area contributed by atoms with E-state index >= 15 is 0 Å². The van der Waals surface area contributed by atoms with Crippen molar-refractivity contribution in [2.45, 2.75) is 33.1 Å². The number of hydrogen-bond donors (Lipinski definition) is 2. The van der Waals surface area contributed by atoms with Crippen LogP contribution in [0.2, 0.25) is 0 Å². The predicted molar refractivity (Wildman–Crippen MR) is 117 cm³/mol.